The topological polar surface area (TPSA) is 22.9 Å². The SMILES string of the molecule is Cc1cc2c3c(c1)N(c1ccc(C(C)(C)C)c4c1oc1ccccc14)c1cc(N(c4ccccc4)c4ccccc4)ccc1B3c1cc3c(cc1N2c1ccc2c(c1)C(C)(C)CCC2(C)C)C(C)(C)CCC3(C)C. The zero-order valence-electron chi connectivity index (χ0n) is 45.7. The normalized spacial score (nSPS) is 17.6. The van der Waals surface area contributed by atoms with E-state index >= 15 is 0 Å². The van der Waals surface area contributed by atoms with Crippen LogP contribution in [0, 0.1) is 6.92 Å². The van der Waals surface area contributed by atoms with Crippen molar-refractivity contribution in [2.24, 2.45) is 0 Å². The summed E-state index contributed by atoms with van der Waals surface area (Å²) in [6, 6.07) is 60.1. The van der Waals surface area contributed by atoms with Crippen molar-refractivity contribution >= 4 is 96.2 Å². The summed E-state index contributed by atoms with van der Waals surface area (Å²) in [7, 11) is 0. The fraction of sp³-hybridized carbons (Fsp3) is 0.304. The summed E-state index contributed by atoms with van der Waals surface area (Å²) in [5.74, 6) is 0. The fourth-order valence-corrected chi connectivity index (χ4v) is 13.8. The summed E-state index contributed by atoms with van der Waals surface area (Å²) in [6.07, 6.45) is 4.65. The monoisotopic (exact) mass is 968 g/mol. The molecule has 0 saturated carbocycles. The molecule has 2 aliphatic heterocycles. The number of hydrogen-bond acceptors (Lipinski definition) is 4. The molecule has 4 nitrogen and oxygen atoms in total. The van der Waals surface area contributed by atoms with Crippen molar-refractivity contribution in [3.05, 3.63) is 191 Å². The lowest BCUT2D eigenvalue weighted by Gasteiger charge is -2.48. The minimum Gasteiger partial charge on any atom is -0.454 e. The second kappa shape index (κ2) is 16.0. The molecule has 2 aliphatic carbocycles. The maximum atomic E-state index is 7.22. The number of anilines is 9. The minimum atomic E-state index is -0.125. The van der Waals surface area contributed by atoms with Crippen molar-refractivity contribution < 1.29 is 4.42 Å². The molecule has 0 atom stereocenters. The molecule has 0 unspecified atom stereocenters. The van der Waals surface area contributed by atoms with Gasteiger partial charge in [0, 0.05) is 56.3 Å². The molecule has 13 rings (SSSR count). The number of hydrogen-bond donors (Lipinski definition) is 0. The quantitative estimate of drug-likeness (QED) is 0.160. The molecule has 0 fully saturated rings. The Morgan fingerprint density at radius 3 is 1.66 bits per heavy atom. The van der Waals surface area contributed by atoms with Gasteiger partial charge in [-0.1, -0.05) is 155 Å². The smallest absolute Gasteiger partial charge is 0.252 e. The lowest BCUT2D eigenvalue weighted by Crippen LogP contribution is -2.62. The van der Waals surface area contributed by atoms with Crippen LogP contribution in [0.2, 0.25) is 0 Å². The highest BCUT2D eigenvalue weighted by molar-refractivity contribution is 7.00. The van der Waals surface area contributed by atoms with Crippen LogP contribution in [-0.2, 0) is 27.1 Å². The molecule has 0 bridgehead atoms. The Morgan fingerprint density at radius 2 is 1.03 bits per heavy atom. The van der Waals surface area contributed by atoms with Gasteiger partial charge in [-0.2, -0.15) is 0 Å². The van der Waals surface area contributed by atoms with Crippen LogP contribution in [0.3, 0.4) is 0 Å². The maximum Gasteiger partial charge on any atom is 0.252 e. The van der Waals surface area contributed by atoms with Gasteiger partial charge in [0.25, 0.3) is 6.71 Å². The highest BCUT2D eigenvalue weighted by atomic mass is 16.3. The van der Waals surface area contributed by atoms with E-state index in [4.69, 9.17) is 4.42 Å². The third-order valence-electron chi connectivity index (χ3n) is 18.1. The molecule has 1 aromatic heterocycles. The minimum absolute atomic E-state index is 0.0173. The molecule has 0 saturated heterocycles. The van der Waals surface area contributed by atoms with E-state index in [0.717, 1.165) is 64.3 Å². The number of aryl methyl sites for hydroxylation is 1. The van der Waals surface area contributed by atoms with Crippen LogP contribution in [0.15, 0.2) is 162 Å². The summed E-state index contributed by atoms with van der Waals surface area (Å²) in [6.45, 7) is 28.9. The molecule has 0 radical (unpaired) electrons. The average molecular weight is 968 g/mol. The summed E-state index contributed by atoms with van der Waals surface area (Å²) >= 11 is 0. The molecule has 0 amide bonds. The molecule has 0 spiro atoms. The summed E-state index contributed by atoms with van der Waals surface area (Å²) in [5, 5.41) is 2.34. The molecule has 370 valence electrons. The van der Waals surface area contributed by atoms with Gasteiger partial charge in [-0.15, -0.1) is 0 Å². The Balaban J connectivity index is 1.16. The van der Waals surface area contributed by atoms with Crippen LogP contribution < -0.4 is 31.1 Å². The number of para-hydroxylation sites is 3. The molecule has 0 N–H and O–H groups in total. The highest BCUT2D eigenvalue weighted by Crippen LogP contribution is 2.54. The third-order valence-corrected chi connectivity index (χ3v) is 18.1. The number of nitrogens with zero attached hydrogens (tertiary/aromatic N) is 3. The summed E-state index contributed by atoms with van der Waals surface area (Å²) in [5.41, 5.74) is 24.8. The van der Waals surface area contributed by atoms with Crippen LogP contribution in [-0.4, -0.2) is 6.71 Å². The van der Waals surface area contributed by atoms with Gasteiger partial charge in [0.05, 0.1) is 5.69 Å². The second-order valence-corrected chi connectivity index (χ2v) is 26.0. The number of fused-ring (bicyclic) bond motifs is 9. The van der Waals surface area contributed by atoms with E-state index in [-0.39, 0.29) is 33.8 Å². The predicted octanol–water partition coefficient (Wildman–Crippen LogP) is 17.4. The molecule has 8 aromatic carbocycles. The van der Waals surface area contributed by atoms with Crippen molar-refractivity contribution in [3.8, 4) is 0 Å². The van der Waals surface area contributed by atoms with Crippen LogP contribution in [0.4, 0.5) is 51.2 Å². The van der Waals surface area contributed by atoms with E-state index in [0.29, 0.717) is 0 Å². The molecule has 9 aromatic rings. The van der Waals surface area contributed by atoms with E-state index in [2.05, 4.69) is 256 Å². The van der Waals surface area contributed by atoms with E-state index < -0.39 is 0 Å². The largest absolute Gasteiger partial charge is 0.454 e. The number of rotatable bonds is 5. The average Bonchev–Trinajstić information content (AvgIpc) is 3.76. The summed E-state index contributed by atoms with van der Waals surface area (Å²) < 4.78 is 7.22. The van der Waals surface area contributed by atoms with Crippen molar-refractivity contribution in [2.45, 2.75) is 136 Å². The first-order valence-corrected chi connectivity index (χ1v) is 27.3. The Morgan fingerprint density at radius 1 is 0.473 bits per heavy atom. The predicted molar refractivity (Wildman–Crippen MR) is 316 cm³/mol. The molecule has 3 heterocycles. The van der Waals surface area contributed by atoms with Crippen molar-refractivity contribution in [2.75, 3.05) is 14.7 Å². The van der Waals surface area contributed by atoms with Crippen LogP contribution >= 0.6 is 0 Å². The Labute approximate surface area is 440 Å². The lowest BCUT2D eigenvalue weighted by atomic mass is 9.33. The van der Waals surface area contributed by atoms with Gasteiger partial charge in [0.15, 0.2) is 5.58 Å². The van der Waals surface area contributed by atoms with E-state index in [1.54, 1.807) is 0 Å². The third kappa shape index (κ3) is 7.01. The first kappa shape index (κ1) is 46.8. The van der Waals surface area contributed by atoms with E-state index in [1.165, 1.54) is 84.3 Å². The molecule has 5 heteroatoms. The standard InChI is InChI=1S/C69H70BN3O/c1-43-37-59-63-60(38-43)73(56-32-30-50(65(2,3)4)62-48-25-19-20-26-61(48)74-64(56)62)57-40-47(71(44-21-15-13-16-22-44)45-23-17-14-18-24-45)28-31-54(57)70(63)55-41-52-53(69(11,12)36-35-68(52,9)10)42-58(55)72(59)46-27-29-49-51(39-46)67(7,8)34-33-66(49,5)6/h13-32,37-42H,33-36H2,1-12H3. The van der Waals surface area contributed by atoms with E-state index in [9.17, 15) is 0 Å². The Bertz CT molecular complexity index is 3720. The van der Waals surface area contributed by atoms with Crippen molar-refractivity contribution in [1.82, 2.24) is 0 Å². The van der Waals surface area contributed by atoms with Gasteiger partial charge < -0.3 is 19.1 Å². The van der Waals surface area contributed by atoms with Gasteiger partial charge in [-0.05, 0) is 188 Å². The van der Waals surface area contributed by atoms with E-state index in [1.807, 2.05) is 0 Å². The molecule has 74 heavy (non-hydrogen) atoms. The van der Waals surface area contributed by atoms with Gasteiger partial charge in [-0.25, -0.2) is 0 Å². The number of benzene rings is 8. The second-order valence-electron chi connectivity index (χ2n) is 26.0. The zero-order valence-corrected chi connectivity index (χ0v) is 45.7. The Kier molecular flexibility index (Phi) is 10.1. The molecular weight excluding hydrogens is 898 g/mol. The summed E-state index contributed by atoms with van der Waals surface area (Å²) in [4.78, 5) is 7.67. The van der Waals surface area contributed by atoms with Gasteiger partial charge >= 0.3 is 0 Å². The first-order valence-electron chi connectivity index (χ1n) is 27.3. The molecular formula is C69H70BN3O. The Hall–Kier alpha value is -6.98. The first-order chi connectivity index (χ1) is 35.2. The zero-order chi connectivity index (χ0) is 51.4. The highest BCUT2D eigenvalue weighted by Gasteiger charge is 2.48. The van der Waals surface area contributed by atoms with Gasteiger partial charge in [-0.3, -0.25) is 0 Å². The fourth-order valence-electron chi connectivity index (χ4n) is 13.8. The number of furan rings is 1. The van der Waals surface area contributed by atoms with Crippen molar-refractivity contribution in [3.63, 3.8) is 0 Å². The van der Waals surface area contributed by atoms with Gasteiger partial charge in [0.2, 0.25) is 0 Å². The van der Waals surface area contributed by atoms with Crippen LogP contribution in [0.25, 0.3) is 21.9 Å². The van der Waals surface area contributed by atoms with Crippen LogP contribution in [0.5, 0.6) is 0 Å². The maximum absolute atomic E-state index is 7.22. The van der Waals surface area contributed by atoms with Crippen LogP contribution in [0.1, 0.15) is 135 Å². The van der Waals surface area contributed by atoms with Crippen molar-refractivity contribution in [1.29, 1.82) is 0 Å². The van der Waals surface area contributed by atoms with Gasteiger partial charge in [0.1, 0.15) is 5.58 Å². The lowest BCUT2D eigenvalue weighted by molar-refractivity contribution is 0.332. The molecule has 4 aliphatic rings.